The molecule has 0 bridgehead atoms. The van der Waals surface area contributed by atoms with Gasteiger partial charge in [-0.3, -0.25) is 4.79 Å². The zero-order valence-electron chi connectivity index (χ0n) is 12.4. The fourth-order valence-corrected chi connectivity index (χ4v) is 3.94. The van der Waals surface area contributed by atoms with E-state index in [9.17, 15) is 4.79 Å². The first-order chi connectivity index (χ1) is 9.65. The van der Waals surface area contributed by atoms with Crippen molar-refractivity contribution in [2.45, 2.75) is 45.6 Å². The summed E-state index contributed by atoms with van der Waals surface area (Å²) in [7, 11) is 0. The Morgan fingerprint density at radius 2 is 2.00 bits per heavy atom. The highest BCUT2D eigenvalue weighted by atomic mass is 32.1. The van der Waals surface area contributed by atoms with Crippen LogP contribution in [0.1, 0.15) is 45.8 Å². The van der Waals surface area contributed by atoms with E-state index in [-0.39, 0.29) is 5.91 Å². The second kappa shape index (κ2) is 5.86. The van der Waals surface area contributed by atoms with E-state index in [1.54, 1.807) is 11.3 Å². The molecular formula is C16H24N2OS. The molecule has 1 aromatic rings. The van der Waals surface area contributed by atoms with Crippen molar-refractivity contribution in [3.63, 3.8) is 0 Å². The molecule has 2 aliphatic rings. The SMILES string of the molecule is Cc1cc(C(=O)N(CC2CCNCC2)C2CC2)sc1C. The Balaban J connectivity index is 1.71. The van der Waals surface area contributed by atoms with E-state index in [2.05, 4.69) is 30.1 Å². The molecule has 2 fully saturated rings. The van der Waals surface area contributed by atoms with E-state index in [1.165, 1.54) is 36.1 Å². The van der Waals surface area contributed by atoms with E-state index in [0.29, 0.717) is 12.0 Å². The summed E-state index contributed by atoms with van der Waals surface area (Å²) in [6.07, 6.45) is 4.80. The summed E-state index contributed by atoms with van der Waals surface area (Å²) in [4.78, 5) is 17.2. The fourth-order valence-electron chi connectivity index (χ4n) is 2.95. The summed E-state index contributed by atoms with van der Waals surface area (Å²) in [6, 6.07) is 2.58. The Morgan fingerprint density at radius 3 is 2.55 bits per heavy atom. The maximum absolute atomic E-state index is 12.8. The molecule has 1 N–H and O–H groups in total. The summed E-state index contributed by atoms with van der Waals surface area (Å²) < 4.78 is 0. The molecule has 0 radical (unpaired) electrons. The van der Waals surface area contributed by atoms with Crippen LogP contribution in [0.2, 0.25) is 0 Å². The van der Waals surface area contributed by atoms with E-state index in [0.717, 1.165) is 24.5 Å². The molecular weight excluding hydrogens is 268 g/mol. The molecule has 1 aliphatic heterocycles. The number of hydrogen-bond acceptors (Lipinski definition) is 3. The van der Waals surface area contributed by atoms with Gasteiger partial charge in [-0.05, 0) is 70.2 Å². The third kappa shape index (κ3) is 3.07. The summed E-state index contributed by atoms with van der Waals surface area (Å²) in [5.74, 6) is 0.954. The number of carbonyl (C=O) groups is 1. The van der Waals surface area contributed by atoms with Crippen molar-refractivity contribution in [3.05, 3.63) is 21.4 Å². The molecule has 1 amide bonds. The van der Waals surface area contributed by atoms with Gasteiger partial charge in [-0.2, -0.15) is 0 Å². The number of nitrogens with one attached hydrogen (secondary N) is 1. The molecule has 2 heterocycles. The first-order valence-corrected chi connectivity index (χ1v) is 8.55. The van der Waals surface area contributed by atoms with Gasteiger partial charge < -0.3 is 10.2 Å². The van der Waals surface area contributed by atoms with E-state index >= 15 is 0 Å². The predicted octanol–water partition coefficient (Wildman–Crippen LogP) is 2.97. The number of thiophene rings is 1. The quantitative estimate of drug-likeness (QED) is 0.925. The van der Waals surface area contributed by atoms with E-state index in [4.69, 9.17) is 0 Å². The van der Waals surface area contributed by atoms with Crippen LogP contribution in [-0.2, 0) is 0 Å². The third-order valence-electron chi connectivity index (χ3n) is 4.54. The van der Waals surface area contributed by atoms with Crippen LogP contribution in [0.15, 0.2) is 6.07 Å². The second-order valence-electron chi connectivity index (χ2n) is 6.23. The Bertz CT molecular complexity index is 467. The number of carbonyl (C=O) groups excluding carboxylic acids is 1. The zero-order valence-corrected chi connectivity index (χ0v) is 13.3. The maximum Gasteiger partial charge on any atom is 0.264 e. The highest BCUT2D eigenvalue weighted by Gasteiger charge is 2.35. The smallest absolute Gasteiger partial charge is 0.264 e. The third-order valence-corrected chi connectivity index (χ3v) is 5.68. The number of piperidine rings is 1. The molecule has 3 rings (SSSR count). The van der Waals surface area contributed by atoms with Gasteiger partial charge >= 0.3 is 0 Å². The predicted molar refractivity (Wildman–Crippen MR) is 83.4 cm³/mol. The highest BCUT2D eigenvalue weighted by molar-refractivity contribution is 7.14. The van der Waals surface area contributed by atoms with Crippen molar-refractivity contribution >= 4 is 17.2 Å². The van der Waals surface area contributed by atoms with Crippen molar-refractivity contribution in [1.82, 2.24) is 10.2 Å². The van der Waals surface area contributed by atoms with Crippen LogP contribution < -0.4 is 5.32 Å². The van der Waals surface area contributed by atoms with Gasteiger partial charge in [0, 0.05) is 17.5 Å². The van der Waals surface area contributed by atoms with Gasteiger partial charge in [0.1, 0.15) is 0 Å². The highest BCUT2D eigenvalue weighted by Crippen LogP contribution is 2.32. The summed E-state index contributed by atoms with van der Waals surface area (Å²) in [5, 5.41) is 3.40. The van der Waals surface area contributed by atoms with Gasteiger partial charge in [0.25, 0.3) is 5.91 Å². The van der Waals surface area contributed by atoms with Crippen molar-refractivity contribution in [2.24, 2.45) is 5.92 Å². The molecule has 0 unspecified atom stereocenters. The lowest BCUT2D eigenvalue weighted by atomic mass is 9.97. The van der Waals surface area contributed by atoms with Gasteiger partial charge in [-0.25, -0.2) is 0 Å². The molecule has 20 heavy (non-hydrogen) atoms. The minimum absolute atomic E-state index is 0.271. The van der Waals surface area contributed by atoms with Crippen LogP contribution in [0.3, 0.4) is 0 Å². The number of aryl methyl sites for hydroxylation is 2. The Labute approximate surface area is 125 Å². The van der Waals surface area contributed by atoms with E-state index < -0.39 is 0 Å². The summed E-state index contributed by atoms with van der Waals surface area (Å²) in [6.45, 7) is 7.37. The number of rotatable bonds is 4. The molecule has 0 atom stereocenters. The zero-order chi connectivity index (χ0) is 14.1. The van der Waals surface area contributed by atoms with Crippen LogP contribution >= 0.6 is 11.3 Å². The second-order valence-corrected chi connectivity index (χ2v) is 7.49. The minimum Gasteiger partial charge on any atom is -0.335 e. The minimum atomic E-state index is 0.271. The molecule has 1 aliphatic carbocycles. The monoisotopic (exact) mass is 292 g/mol. The Kier molecular flexibility index (Phi) is 4.13. The molecule has 1 aromatic heterocycles. The lowest BCUT2D eigenvalue weighted by Gasteiger charge is -2.30. The molecule has 1 saturated carbocycles. The van der Waals surface area contributed by atoms with Crippen LogP contribution in [0, 0.1) is 19.8 Å². The van der Waals surface area contributed by atoms with Gasteiger partial charge in [0.15, 0.2) is 0 Å². The van der Waals surface area contributed by atoms with Crippen LogP contribution in [0.4, 0.5) is 0 Å². The summed E-state index contributed by atoms with van der Waals surface area (Å²) >= 11 is 1.65. The van der Waals surface area contributed by atoms with Gasteiger partial charge in [0.2, 0.25) is 0 Å². The van der Waals surface area contributed by atoms with Gasteiger partial charge in [0.05, 0.1) is 4.88 Å². The van der Waals surface area contributed by atoms with Crippen LogP contribution in [0.5, 0.6) is 0 Å². The number of hydrogen-bond donors (Lipinski definition) is 1. The first kappa shape index (κ1) is 14.1. The van der Waals surface area contributed by atoms with Crippen molar-refractivity contribution < 1.29 is 4.79 Å². The molecule has 110 valence electrons. The summed E-state index contributed by atoms with van der Waals surface area (Å²) in [5.41, 5.74) is 1.25. The molecule has 0 spiro atoms. The lowest BCUT2D eigenvalue weighted by molar-refractivity contribution is 0.0706. The van der Waals surface area contributed by atoms with Gasteiger partial charge in [-0.1, -0.05) is 0 Å². The van der Waals surface area contributed by atoms with Crippen LogP contribution in [-0.4, -0.2) is 36.5 Å². The number of nitrogens with zero attached hydrogens (tertiary/aromatic N) is 1. The van der Waals surface area contributed by atoms with E-state index in [1.807, 2.05) is 0 Å². The lowest BCUT2D eigenvalue weighted by Crippen LogP contribution is -2.40. The number of amides is 1. The largest absolute Gasteiger partial charge is 0.335 e. The fraction of sp³-hybridized carbons (Fsp3) is 0.688. The van der Waals surface area contributed by atoms with Crippen molar-refractivity contribution in [2.75, 3.05) is 19.6 Å². The standard InChI is InChI=1S/C16H24N2OS/c1-11-9-15(20-12(11)2)16(19)18(14-3-4-14)10-13-5-7-17-8-6-13/h9,13-14,17H,3-8,10H2,1-2H3. The van der Waals surface area contributed by atoms with Crippen molar-refractivity contribution in [1.29, 1.82) is 0 Å². The van der Waals surface area contributed by atoms with Crippen molar-refractivity contribution in [3.8, 4) is 0 Å². The van der Waals surface area contributed by atoms with Crippen LogP contribution in [0.25, 0.3) is 0 Å². The Morgan fingerprint density at radius 1 is 1.30 bits per heavy atom. The van der Waals surface area contributed by atoms with Gasteiger partial charge in [-0.15, -0.1) is 11.3 Å². The molecule has 0 aromatic carbocycles. The molecule has 1 saturated heterocycles. The first-order valence-electron chi connectivity index (χ1n) is 7.74. The molecule has 4 heteroatoms. The average Bonchev–Trinajstić information content (AvgIpc) is 3.23. The molecule has 3 nitrogen and oxygen atoms in total. The average molecular weight is 292 g/mol. The maximum atomic E-state index is 12.8. The normalized spacial score (nSPS) is 20.1. The Hall–Kier alpha value is -0.870. The topological polar surface area (TPSA) is 32.3 Å².